The van der Waals surface area contributed by atoms with E-state index in [0.717, 1.165) is 0 Å². The van der Waals surface area contributed by atoms with Crippen LogP contribution in [0.2, 0.25) is 0 Å². The third kappa shape index (κ3) is 3.34. The van der Waals surface area contributed by atoms with Crippen LogP contribution in [0.1, 0.15) is 23.7 Å². The number of benzene rings is 1. The van der Waals surface area contributed by atoms with Gasteiger partial charge in [0.15, 0.2) is 0 Å². The van der Waals surface area contributed by atoms with Crippen molar-refractivity contribution >= 4 is 17.3 Å². The fourth-order valence-corrected chi connectivity index (χ4v) is 3.17. The van der Waals surface area contributed by atoms with Crippen molar-refractivity contribution in [1.82, 2.24) is 4.90 Å². The number of carbonyl (C=O) groups is 1. The van der Waals surface area contributed by atoms with E-state index in [0.29, 0.717) is 57.1 Å². The monoisotopic (exact) mass is 335 g/mol. The largest absolute Gasteiger partial charge is 0.388 e. The number of nitrogens with zero attached hydrogens (tertiary/aromatic N) is 3. The number of carbonyl (C=O) groups excluding carboxylic acids is 1. The Labute approximate surface area is 139 Å². The highest BCUT2D eigenvalue weighted by atomic mass is 16.6. The van der Waals surface area contributed by atoms with Crippen LogP contribution in [0.25, 0.3) is 0 Å². The van der Waals surface area contributed by atoms with Crippen LogP contribution in [0, 0.1) is 10.1 Å². The third-order valence-corrected chi connectivity index (χ3v) is 4.51. The summed E-state index contributed by atoms with van der Waals surface area (Å²) in [5, 5.41) is 21.5. The molecule has 2 aliphatic heterocycles. The van der Waals surface area contributed by atoms with E-state index in [1.807, 2.05) is 0 Å². The molecule has 8 nitrogen and oxygen atoms in total. The Kier molecular flexibility index (Phi) is 4.42. The van der Waals surface area contributed by atoms with Crippen LogP contribution in [0.4, 0.5) is 11.4 Å². The molecule has 130 valence electrons. The smallest absolute Gasteiger partial charge is 0.293 e. The number of hydrogen-bond acceptors (Lipinski definition) is 6. The lowest BCUT2D eigenvalue weighted by atomic mass is 10.1. The Hall–Kier alpha value is -2.19. The highest BCUT2D eigenvalue weighted by Gasteiger charge is 2.34. The van der Waals surface area contributed by atoms with E-state index >= 15 is 0 Å². The highest BCUT2D eigenvalue weighted by molar-refractivity contribution is 5.96. The first-order chi connectivity index (χ1) is 11.4. The average molecular weight is 335 g/mol. The molecule has 0 radical (unpaired) electrons. The lowest BCUT2D eigenvalue weighted by molar-refractivity contribution is -0.384. The van der Waals surface area contributed by atoms with Crippen molar-refractivity contribution in [3.05, 3.63) is 33.9 Å². The minimum atomic E-state index is -0.851. The minimum absolute atomic E-state index is 0.105. The second-order valence-electron chi connectivity index (χ2n) is 6.53. The number of nitro benzene ring substituents is 1. The van der Waals surface area contributed by atoms with Gasteiger partial charge in [-0.2, -0.15) is 0 Å². The zero-order valence-corrected chi connectivity index (χ0v) is 13.6. The van der Waals surface area contributed by atoms with Crippen molar-refractivity contribution in [2.45, 2.75) is 18.9 Å². The van der Waals surface area contributed by atoms with Gasteiger partial charge in [0.2, 0.25) is 0 Å². The van der Waals surface area contributed by atoms with Crippen molar-refractivity contribution in [1.29, 1.82) is 0 Å². The normalized spacial score (nSPS) is 24.2. The molecule has 2 saturated heterocycles. The molecular formula is C16H21N3O5. The van der Waals surface area contributed by atoms with Crippen molar-refractivity contribution in [2.75, 3.05) is 44.3 Å². The predicted octanol–water partition coefficient (Wildman–Crippen LogP) is 1.03. The molecule has 1 amide bonds. The van der Waals surface area contributed by atoms with Crippen molar-refractivity contribution in [3.63, 3.8) is 0 Å². The maximum absolute atomic E-state index is 12.5. The predicted molar refractivity (Wildman–Crippen MR) is 87.3 cm³/mol. The van der Waals surface area contributed by atoms with E-state index in [1.165, 1.54) is 6.07 Å². The summed E-state index contributed by atoms with van der Waals surface area (Å²) in [6.45, 7) is 4.54. The summed E-state index contributed by atoms with van der Waals surface area (Å²) in [6, 6.07) is 4.56. The molecule has 8 heteroatoms. The molecule has 3 rings (SSSR count). The SMILES string of the molecule is CC1(O)CCN(c2ccc(C(=O)N3CCOCC3)cc2[N+](=O)[O-])C1. The van der Waals surface area contributed by atoms with E-state index in [2.05, 4.69) is 0 Å². The lowest BCUT2D eigenvalue weighted by Gasteiger charge is -2.27. The van der Waals surface area contributed by atoms with Gasteiger partial charge in [-0.05, 0) is 25.5 Å². The Morgan fingerprint density at radius 3 is 2.62 bits per heavy atom. The number of hydrogen-bond donors (Lipinski definition) is 1. The molecule has 24 heavy (non-hydrogen) atoms. The van der Waals surface area contributed by atoms with E-state index in [4.69, 9.17) is 4.74 Å². The van der Waals surface area contributed by atoms with Gasteiger partial charge in [-0.15, -0.1) is 0 Å². The van der Waals surface area contributed by atoms with Crippen molar-refractivity contribution in [3.8, 4) is 0 Å². The zero-order chi connectivity index (χ0) is 17.3. The van der Waals surface area contributed by atoms with Crippen LogP contribution in [0.5, 0.6) is 0 Å². The molecule has 2 aliphatic rings. The number of anilines is 1. The first-order valence-electron chi connectivity index (χ1n) is 8.00. The standard InChI is InChI=1S/C16H21N3O5/c1-16(21)4-5-18(11-16)13-3-2-12(10-14(13)19(22)23)15(20)17-6-8-24-9-7-17/h2-3,10,21H,4-9,11H2,1H3. The van der Waals surface area contributed by atoms with Crippen LogP contribution in [-0.4, -0.2) is 65.8 Å². The topological polar surface area (TPSA) is 96.2 Å². The molecule has 1 aromatic carbocycles. The summed E-state index contributed by atoms with van der Waals surface area (Å²) in [7, 11) is 0. The Bertz CT molecular complexity index is 655. The zero-order valence-electron chi connectivity index (χ0n) is 13.6. The molecule has 1 aromatic rings. The van der Waals surface area contributed by atoms with Crippen LogP contribution in [0.15, 0.2) is 18.2 Å². The lowest BCUT2D eigenvalue weighted by Crippen LogP contribution is -2.40. The first kappa shape index (κ1) is 16.7. The molecule has 1 N–H and O–H groups in total. The van der Waals surface area contributed by atoms with E-state index in [1.54, 1.807) is 28.9 Å². The van der Waals surface area contributed by atoms with Gasteiger partial charge < -0.3 is 19.6 Å². The fraction of sp³-hybridized carbons (Fsp3) is 0.562. The summed E-state index contributed by atoms with van der Waals surface area (Å²) < 4.78 is 5.22. The molecule has 1 unspecified atom stereocenters. The number of β-amino-alcohol motifs (C(OH)–C–C–N with tert-alkyl or cyclic N) is 1. The minimum Gasteiger partial charge on any atom is -0.388 e. The van der Waals surface area contributed by atoms with E-state index in [-0.39, 0.29) is 11.6 Å². The Morgan fingerprint density at radius 2 is 2.04 bits per heavy atom. The summed E-state index contributed by atoms with van der Waals surface area (Å²) in [5.41, 5.74) is -0.211. The average Bonchev–Trinajstić information content (AvgIpc) is 2.94. The highest BCUT2D eigenvalue weighted by Crippen LogP contribution is 2.34. The number of morpholine rings is 1. The maximum atomic E-state index is 12.5. The van der Waals surface area contributed by atoms with E-state index in [9.17, 15) is 20.0 Å². The van der Waals surface area contributed by atoms with Crippen molar-refractivity contribution < 1.29 is 19.6 Å². The van der Waals surface area contributed by atoms with E-state index < -0.39 is 10.5 Å². The van der Waals surface area contributed by atoms with Crippen molar-refractivity contribution in [2.24, 2.45) is 0 Å². The Morgan fingerprint density at radius 1 is 1.33 bits per heavy atom. The molecule has 1 atom stereocenters. The second-order valence-corrected chi connectivity index (χ2v) is 6.53. The molecule has 0 aliphatic carbocycles. The molecule has 0 spiro atoms. The van der Waals surface area contributed by atoms with Gasteiger partial charge in [-0.1, -0.05) is 0 Å². The molecule has 0 bridgehead atoms. The fourth-order valence-electron chi connectivity index (χ4n) is 3.17. The van der Waals surface area contributed by atoms with Crippen LogP contribution in [0.3, 0.4) is 0 Å². The summed E-state index contributed by atoms with van der Waals surface area (Å²) in [4.78, 5) is 26.9. The molecule has 2 heterocycles. The van der Waals surface area contributed by atoms with Gasteiger partial charge in [0.1, 0.15) is 5.69 Å². The van der Waals surface area contributed by atoms with Crippen LogP contribution in [-0.2, 0) is 4.74 Å². The number of nitro groups is 1. The number of aliphatic hydroxyl groups is 1. The van der Waals surface area contributed by atoms with Gasteiger partial charge in [0.05, 0.1) is 23.7 Å². The summed E-state index contributed by atoms with van der Waals surface area (Å²) in [6.07, 6.45) is 0.554. The number of ether oxygens (including phenoxy) is 1. The number of rotatable bonds is 3. The summed E-state index contributed by atoms with van der Waals surface area (Å²) in [5.74, 6) is -0.221. The summed E-state index contributed by atoms with van der Waals surface area (Å²) >= 11 is 0. The van der Waals surface area contributed by atoms with Gasteiger partial charge >= 0.3 is 0 Å². The van der Waals surface area contributed by atoms with Crippen LogP contribution >= 0.6 is 0 Å². The maximum Gasteiger partial charge on any atom is 0.293 e. The molecule has 0 aromatic heterocycles. The Balaban J connectivity index is 1.87. The molecule has 0 saturated carbocycles. The quantitative estimate of drug-likeness (QED) is 0.655. The third-order valence-electron chi connectivity index (χ3n) is 4.51. The second kappa shape index (κ2) is 6.37. The molecular weight excluding hydrogens is 314 g/mol. The first-order valence-corrected chi connectivity index (χ1v) is 8.00. The number of amides is 1. The van der Waals surface area contributed by atoms with Gasteiger partial charge in [-0.3, -0.25) is 14.9 Å². The van der Waals surface area contributed by atoms with Gasteiger partial charge in [0.25, 0.3) is 11.6 Å². The van der Waals surface area contributed by atoms with Gasteiger partial charge in [-0.25, -0.2) is 0 Å². The molecule has 2 fully saturated rings. The van der Waals surface area contributed by atoms with Crippen LogP contribution < -0.4 is 4.90 Å². The van der Waals surface area contributed by atoms with Gasteiger partial charge in [0, 0.05) is 37.8 Å².